The molecule has 4 N–H and O–H groups in total. The van der Waals surface area contributed by atoms with Gasteiger partial charge in [-0.15, -0.1) is 0 Å². The van der Waals surface area contributed by atoms with Gasteiger partial charge in [0.1, 0.15) is 5.82 Å². The molecule has 67 heavy (non-hydrogen) atoms. The zero-order valence-electron chi connectivity index (χ0n) is 38.5. The van der Waals surface area contributed by atoms with Crippen molar-refractivity contribution in [3.05, 3.63) is 83.1 Å². The highest BCUT2D eigenvalue weighted by Crippen LogP contribution is 2.54. The lowest BCUT2D eigenvalue weighted by atomic mass is 9.94. The number of aliphatic carboxylic acids is 1. The Balaban J connectivity index is 0.744. The van der Waals surface area contributed by atoms with Gasteiger partial charge in [-0.1, -0.05) is 40.6 Å². The molecule has 2 aromatic heterocycles. The van der Waals surface area contributed by atoms with Crippen molar-refractivity contribution in [1.29, 1.82) is 0 Å². The van der Waals surface area contributed by atoms with Crippen LogP contribution in [0.25, 0.3) is 0 Å². The highest BCUT2D eigenvalue weighted by molar-refractivity contribution is 8.77. The van der Waals surface area contributed by atoms with Crippen molar-refractivity contribution in [3.8, 4) is 5.88 Å². The Labute approximate surface area is 399 Å². The van der Waals surface area contributed by atoms with Crippen molar-refractivity contribution < 1.29 is 38.2 Å². The maximum Gasteiger partial charge on any atom is 0.317 e. The first-order chi connectivity index (χ1) is 32.2. The zero-order valence-corrected chi connectivity index (χ0v) is 40.1. The molecule has 2 aliphatic carbocycles. The number of carbonyl (C=O) groups is 5. The molecule has 2 aliphatic heterocycles. The molecule has 360 valence electrons. The standard InChI is InChI=1S/C48H62FN9O7S2/c1-31-44(33-7-5-18-50-29-33)45(31)46(63)52-34-12-11-32(37(49)27-34)30-51-47(64)58-19-15-35(16-20-58)56-21-23-57(24-22-56)42(60)17-26-66-67-48(2,3)28-40(59)55-54-39-9-4-8-38-36(39)13-14-41(53-38)65-25-6-10-43(61)62/h5,7,11-14,18,27,29,31,35,44-45H,4,6,8-10,15-17,19-26,28,30H2,1-3H3,(H,51,64)(H,52,63)(H,55,59)(H,61,62)/b54-39+. The SMILES string of the molecule is CC1C(C(=O)Nc2ccc(CNC(=O)N3CCC(N4CCN(C(=O)CCSSC(C)(C)CC(=O)N/N=C5\CCCc6nc(OCCCC(=O)O)ccc65)CC4)CC3)c(F)c2)C1c1cccnc1. The second-order valence-corrected chi connectivity index (χ2v) is 21.4. The molecule has 3 unspecified atom stereocenters. The van der Waals surface area contributed by atoms with Gasteiger partial charge < -0.3 is 30.3 Å². The molecule has 0 bridgehead atoms. The minimum absolute atomic E-state index is 0.0378. The Morgan fingerprint density at radius 2 is 1.78 bits per heavy atom. The summed E-state index contributed by atoms with van der Waals surface area (Å²) in [7, 11) is 3.19. The molecule has 7 rings (SSSR count). The van der Waals surface area contributed by atoms with Gasteiger partial charge in [0, 0.05) is 129 Å². The summed E-state index contributed by atoms with van der Waals surface area (Å²) in [6.45, 7) is 10.4. The van der Waals surface area contributed by atoms with Crippen LogP contribution in [0.15, 0.2) is 60.0 Å². The van der Waals surface area contributed by atoms with E-state index in [0.717, 1.165) is 61.3 Å². The monoisotopic (exact) mass is 959 g/mol. The van der Waals surface area contributed by atoms with Gasteiger partial charge in [0.2, 0.25) is 23.6 Å². The number of aryl methyl sites for hydroxylation is 1. The molecular weight excluding hydrogens is 898 g/mol. The molecule has 3 fully saturated rings. The first-order valence-corrected chi connectivity index (χ1v) is 25.6. The fourth-order valence-corrected chi connectivity index (χ4v) is 11.6. The number of piperazine rings is 1. The van der Waals surface area contributed by atoms with E-state index in [2.05, 4.69) is 36.0 Å². The van der Waals surface area contributed by atoms with Crippen LogP contribution in [0.4, 0.5) is 14.9 Å². The second kappa shape index (κ2) is 23.2. The number of hydrogen-bond acceptors (Lipinski definition) is 12. The predicted octanol–water partition coefficient (Wildman–Crippen LogP) is 6.46. The number of hydrazone groups is 1. The van der Waals surface area contributed by atoms with Crippen LogP contribution in [0.5, 0.6) is 5.88 Å². The van der Waals surface area contributed by atoms with E-state index < -0.39 is 11.8 Å². The third kappa shape index (κ3) is 13.9. The van der Waals surface area contributed by atoms with Crippen LogP contribution in [-0.4, -0.2) is 128 Å². The number of amides is 5. The van der Waals surface area contributed by atoms with Gasteiger partial charge in [-0.25, -0.2) is 19.6 Å². The lowest BCUT2D eigenvalue weighted by Crippen LogP contribution is -2.55. The summed E-state index contributed by atoms with van der Waals surface area (Å²) < 4.78 is 20.3. The van der Waals surface area contributed by atoms with E-state index in [1.54, 1.807) is 57.1 Å². The summed E-state index contributed by atoms with van der Waals surface area (Å²) in [6, 6.07) is 12.1. The van der Waals surface area contributed by atoms with Crippen molar-refractivity contribution in [2.45, 2.75) is 102 Å². The van der Waals surface area contributed by atoms with Crippen LogP contribution in [0, 0.1) is 17.7 Å². The Hall–Kier alpha value is -5.27. The van der Waals surface area contributed by atoms with Crippen LogP contribution in [-0.2, 0) is 32.1 Å². The predicted molar refractivity (Wildman–Crippen MR) is 257 cm³/mol. The molecule has 1 aromatic carbocycles. The van der Waals surface area contributed by atoms with E-state index >= 15 is 4.39 Å². The Morgan fingerprint density at radius 1 is 0.985 bits per heavy atom. The van der Waals surface area contributed by atoms with Gasteiger partial charge in [-0.05, 0) is 88.1 Å². The minimum Gasteiger partial charge on any atom is -0.481 e. The van der Waals surface area contributed by atoms with Gasteiger partial charge in [-0.2, -0.15) is 5.10 Å². The first kappa shape index (κ1) is 49.6. The number of carboxylic acid groups (broad SMARTS) is 1. The van der Waals surface area contributed by atoms with Crippen LogP contribution >= 0.6 is 21.6 Å². The summed E-state index contributed by atoms with van der Waals surface area (Å²) in [5.41, 5.74) is 6.97. The van der Waals surface area contributed by atoms with Gasteiger partial charge in [-0.3, -0.25) is 29.1 Å². The number of anilines is 1. The van der Waals surface area contributed by atoms with Gasteiger partial charge in [0.25, 0.3) is 0 Å². The summed E-state index contributed by atoms with van der Waals surface area (Å²) in [6.07, 6.45) is 8.57. The zero-order chi connectivity index (χ0) is 47.5. The van der Waals surface area contributed by atoms with E-state index in [9.17, 15) is 24.0 Å². The summed E-state index contributed by atoms with van der Waals surface area (Å²) in [5.74, 6) is -0.391. The van der Waals surface area contributed by atoms with Crippen molar-refractivity contribution >= 4 is 62.7 Å². The Bertz CT molecular complexity index is 2270. The number of carboxylic acids is 1. The number of pyridine rings is 2. The van der Waals surface area contributed by atoms with Crippen LogP contribution in [0.2, 0.25) is 0 Å². The quantitative estimate of drug-likeness (QED) is 0.0582. The Morgan fingerprint density at radius 3 is 2.51 bits per heavy atom. The molecule has 3 atom stereocenters. The molecule has 4 aliphatic rings. The van der Waals surface area contributed by atoms with E-state index in [-0.39, 0.29) is 72.2 Å². The van der Waals surface area contributed by atoms with E-state index in [0.29, 0.717) is 74.4 Å². The average Bonchev–Trinajstić information content (AvgIpc) is 4.01. The molecule has 0 radical (unpaired) electrons. The number of hydrogen-bond donors (Lipinski definition) is 4. The topological polar surface area (TPSA) is 199 Å². The number of nitrogens with zero attached hydrogens (tertiary/aromatic N) is 6. The molecular formula is C48H62FN9O7S2. The fourth-order valence-electron chi connectivity index (χ4n) is 9.16. The summed E-state index contributed by atoms with van der Waals surface area (Å²) >= 11 is 0. The number of benzene rings is 1. The molecule has 0 spiro atoms. The molecule has 1 saturated carbocycles. The maximum atomic E-state index is 15.1. The lowest BCUT2D eigenvalue weighted by molar-refractivity contribution is -0.137. The number of rotatable bonds is 19. The van der Waals surface area contributed by atoms with Crippen molar-refractivity contribution in [1.82, 2.24) is 35.4 Å². The summed E-state index contributed by atoms with van der Waals surface area (Å²) in [5, 5.41) is 19.0. The molecule has 3 aromatic rings. The number of piperidine rings is 1. The van der Waals surface area contributed by atoms with Crippen molar-refractivity contribution in [2.24, 2.45) is 16.9 Å². The third-order valence-corrected chi connectivity index (χ3v) is 16.2. The lowest BCUT2D eigenvalue weighted by Gasteiger charge is -2.42. The summed E-state index contributed by atoms with van der Waals surface area (Å²) in [4.78, 5) is 77.7. The number of nitrogens with one attached hydrogen (secondary N) is 3. The maximum absolute atomic E-state index is 15.1. The van der Waals surface area contributed by atoms with Crippen molar-refractivity contribution in [2.75, 3.05) is 56.9 Å². The number of urea groups is 1. The second-order valence-electron chi connectivity index (χ2n) is 18.3. The smallest absolute Gasteiger partial charge is 0.317 e. The number of likely N-dealkylation sites (tertiary alicyclic amines) is 1. The number of carbonyl (C=O) groups excluding carboxylic acids is 4. The first-order valence-electron chi connectivity index (χ1n) is 23.3. The molecule has 2 saturated heterocycles. The van der Waals surface area contributed by atoms with E-state index in [4.69, 9.17) is 9.84 Å². The molecule has 4 heterocycles. The number of aromatic nitrogens is 2. The largest absolute Gasteiger partial charge is 0.481 e. The minimum atomic E-state index is -0.861. The molecule has 19 heteroatoms. The molecule has 16 nitrogen and oxygen atoms in total. The van der Waals surface area contributed by atoms with Gasteiger partial charge >= 0.3 is 12.0 Å². The third-order valence-electron chi connectivity index (χ3n) is 12.9. The number of fused-ring (bicyclic) bond motifs is 1. The van der Waals surface area contributed by atoms with Crippen LogP contribution in [0.1, 0.15) is 100 Å². The highest BCUT2D eigenvalue weighted by atomic mass is 33.1. The van der Waals surface area contributed by atoms with Crippen LogP contribution < -0.4 is 20.8 Å². The average molecular weight is 960 g/mol. The normalized spacial score (nSPS) is 20.5. The molecule has 5 amide bonds. The van der Waals surface area contributed by atoms with E-state index in [1.807, 2.05) is 43.9 Å². The Kier molecular flexibility index (Phi) is 17.2. The number of ether oxygens (including phenoxy) is 1. The highest BCUT2D eigenvalue weighted by Gasteiger charge is 2.52. The van der Waals surface area contributed by atoms with Gasteiger partial charge in [0.05, 0.1) is 18.0 Å². The van der Waals surface area contributed by atoms with Crippen molar-refractivity contribution in [3.63, 3.8) is 0 Å². The van der Waals surface area contributed by atoms with Crippen LogP contribution in [0.3, 0.4) is 0 Å². The van der Waals surface area contributed by atoms with Gasteiger partial charge in [0.15, 0.2) is 0 Å². The number of halogens is 1. The van der Waals surface area contributed by atoms with E-state index in [1.165, 1.54) is 6.07 Å². The fraction of sp³-hybridized carbons (Fsp3) is 0.542.